The molecule has 0 atom stereocenters. The van der Waals surface area contributed by atoms with Gasteiger partial charge in [0, 0.05) is 0 Å². The number of anilines is 1. The van der Waals surface area contributed by atoms with Gasteiger partial charge in [-0.25, -0.2) is 8.42 Å². The third-order valence-corrected chi connectivity index (χ3v) is 5.60. The van der Waals surface area contributed by atoms with Crippen LogP contribution in [0.15, 0.2) is 41.3 Å². The normalized spacial score (nSPS) is 11.3. The van der Waals surface area contributed by atoms with Crippen molar-refractivity contribution < 1.29 is 13.2 Å². The van der Waals surface area contributed by atoms with Crippen LogP contribution in [-0.4, -0.2) is 15.5 Å². The Hall–Kier alpha value is -1.28. The molecule has 0 aromatic heterocycles. The van der Waals surface area contributed by atoms with Gasteiger partial charge in [0.1, 0.15) is 5.75 Å². The molecular formula is C16H18INO3S. The highest BCUT2D eigenvalue weighted by Crippen LogP contribution is 2.27. The van der Waals surface area contributed by atoms with Gasteiger partial charge in [-0.15, -0.1) is 0 Å². The first-order chi connectivity index (χ1) is 10.4. The zero-order chi connectivity index (χ0) is 16.3. The van der Waals surface area contributed by atoms with E-state index in [4.69, 9.17) is 4.74 Å². The monoisotopic (exact) mass is 431 g/mol. The standard InChI is InChI=1S/C16H18INO3S/c1-4-12-7-5-6-11(2)16(12)18-22(19,20)13-8-9-15(21-3)14(17)10-13/h5-10,18H,4H2,1-3H3. The van der Waals surface area contributed by atoms with E-state index in [1.807, 2.05) is 32.0 Å². The fourth-order valence-electron chi connectivity index (χ4n) is 2.18. The smallest absolute Gasteiger partial charge is 0.261 e. The minimum Gasteiger partial charge on any atom is -0.496 e. The molecule has 0 spiro atoms. The fraction of sp³-hybridized carbons (Fsp3) is 0.250. The molecule has 0 saturated carbocycles. The van der Waals surface area contributed by atoms with Crippen molar-refractivity contribution in [3.8, 4) is 5.75 Å². The van der Waals surface area contributed by atoms with Gasteiger partial charge in [-0.3, -0.25) is 4.72 Å². The van der Waals surface area contributed by atoms with E-state index in [1.165, 1.54) is 0 Å². The van der Waals surface area contributed by atoms with Crippen molar-refractivity contribution in [2.45, 2.75) is 25.2 Å². The molecule has 0 unspecified atom stereocenters. The number of ether oxygens (including phenoxy) is 1. The van der Waals surface area contributed by atoms with Crippen molar-refractivity contribution in [2.75, 3.05) is 11.8 Å². The molecule has 0 aliphatic rings. The number of methoxy groups -OCH3 is 1. The molecule has 0 bridgehead atoms. The highest BCUT2D eigenvalue weighted by molar-refractivity contribution is 14.1. The van der Waals surface area contributed by atoms with Crippen LogP contribution < -0.4 is 9.46 Å². The Morgan fingerprint density at radius 1 is 1.23 bits per heavy atom. The van der Waals surface area contributed by atoms with Crippen LogP contribution in [-0.2, 0) is 16.4 Å². The van der Waals surface area contributed by atoms with E-state index in [1.54, 1.807) is 25.3 Å². The van der Waals surface area contributed by atoms with E-state index in [9.17, 15) is 8.42 Å². The Balaban J connectivity index is 2.42. The van der Waals surface area contributed by atoms with Gasteiger partial charge in [-0.1, -0.05) is 25.1 Å². The van der Waals surface area contributed by atoms with Gasteiger partial charge in [0.15, 0.2) is 0 Å². The number of benzene rings is 2. The summed E-state index contributed by atoms with van der Waals surface area (Å²) < 4.78 is 33.9. The first kappa shape index (κ1) is 17.1. The molecule has 22 heavy (non-hydrogen) atoms. The van der Waals surface area contributed by atoms with Gasteiger partial charge in [0.2, 0.25) is 0 Å². The van der Waals surface area contributed by atoms with Crippen LogP contribution in [0.2, 0.25) is 0 Å². The first-order valence-electron chi connectivity index (χ1n) is 6.84. The predicted octanol–water partition coefficient (Wildman–Crippen LogP) is 3.97. The van der Waals surface area contributed by atoms with E-state index in [0.717, 1.165) is 21.1 Å². The van der Waals surface area contributed by atoms with Gasteiger partial charge in [-0.05, 0) is 65.3 Å². The summed E-state index contributed by atoms with van der Waals surface area (Å²) in [7, 11) is -2.07. The van der Waals surface area contributed by atoms with Crippen molar-refractivity contribution in [1.82, 2.24) is 0 Å². The number of rotatable bonds is 5. The van der Waals surface area contributed by atoms with E-state index in [0.29, 0.717) is 11.4 Å². The zero-order valence-corrected chi connectivity index (χ0v) is 15.7. The second-order valence-electron chi connectivity index (χ2n) is 4.86. The van der Waals surface area contributed by atoms with Crippen LogP contribution in [0.1, 0.15) is 18.1 Å². The fourth-order valence-corrected chi connectivity index (χ4v) is 4.32. The molecule has 0 radical (unpaired) electrons. The molecule has 2 aromatic rings. The Labute approximate surface area is 145 Å². The van der Waals surface area contributed by atoms with Gasteiger partial charge in [0.05, 0.1) is 21.3 Å². The summed E-state index contributed by atoms with van der Waals surface area (Å²) in [6.45, 7) is 3.90. The second-order valence-corrected chi connectivity index (χ2v) is 7.71. The quantitative estimate of drug-likeness (QED) is 0.730. The summed E-state index contributed by atoms with van der Waals surface area (Å²) in [6.07, 6.45) is 0.764. The lowest BCUT2D eigenvalue weighted by molar-refractivity contribution is 0.411. The molecule has 0 fully saturated rings. The maximum atomic E-state index is 12.6. The van der Waals surface area contributed by atoms with Crippen molar-refractivity contribution >= 4 is 38.3 Å². The van der Waals surface area contributed by atoms with Crippen LogP contribution in [0, 0.1) is 10.5 Å². The lowest BCUT2D eigenvalue weighted by atomic mass is 10.1. The molecular weight excluding hydrogens is 413 g/mol. The average molecular weight is 431 g/mol. The highest BCUT2D eigenvalue weighted by atomic mass is 127. The molecule has 0 heterocycles. The topological polar surface area (TPSA) is 55.4 Å². The minimum absolute atomic E-state index is 0.225. The number of hydrogen-bond donors (Lipinski definition) is 1. The van der Waals surface area contributed by atoms with Crippen molar-refractivity contribution in [2.24, 2.45) is 0 Å². The van der Waals surface area contributed by atoms with Crippen LogP contribution in [0.25, 0.3) is 0 Å². The number of aryl methyl sites for hydroxylation is 2. The molecule has 118 valence electrons. The Morgan fingerprint density at radius 2 is 1.95 bits per heavy atom. The molecule has 2 rings (SSSR count). The molecule has 0 amide bonds. The van der Waals surface area contributed by atoms with E-state index in [2.05, 4.69) is 27.3 Å². The van der Waals surface area contributed by atoms with Gasteiger partial charge in [-0.2, -0.15) is 0 Å². The number of para-hydroxylation sites is 1. The second kappa shape index (κ2) is 6.87. The van der Waals surface area contributed by atoms with Crippen LogP contribution in [0.5, 0.6) is 5.75 Å². The molecule has 0 aliphatic carbocycles. The largest absolute Gasteiger partial charge is 0.496 e. The Kier molecular flexibility index (Phi) is 5.33. The summed E-state index contributed by atoms with van der Waals surface area (Å²) in [5.41, 5.74) is 2.55. The maximum Gasteiger partial charge on any atom is 0.261 e. The summed E-state index contributed by atoms with van der Waals surface area (Å²) in [5.74, 6) is 0.657. The molecule has 2 aromatic carbocycles. The SMILES string of the molecule is CCc1cccc(C)c1NS(=O)(=O)c1ccc(OC)c(I)c1. The summed E-state index contributed by atoms with van der Waals surface area (Å²) in [6, 6.07) is 10.6. The van der Waals surface area contributed by atoms with Gasteiger partial charge < -0.3 is 4.74 Å². The van der Waals surface area contributed by atoms with Crippen molar-refractivity contribution in [3.63, 3.8) is 0 Å². The average Bonchev–Trinajstić information content (AvgIpc) is 2.49. The van der Waals surface area contributed by atoms with Gasteiger partial charge >= 0.3 is 0 Å². The summed E-state index contributed by atoms with van der Waals surface area (Å²) in [5, 5.41) is 0. The van der Waals surface area contributed by atoms with E-state index < -0.39 is 10.0 Å². The van der Waals surface area contributed by atoms with Gasteiger partial charge in [0.25, 0.3) is 10.0 Å². The number of nitrogens with one attached hydrogen (secondary N) is 1. The minimum atomic E-state index is -3.63. The van der Waals surface area contributed by atoms with Crippen molar-refractivity contribution in [1.29, 1.82) is 0 Å². The zero-order valence-electron chi connectivity index (χ0n) is 12.7. The summed E-state index contributed by atoms with van der Waals surface area (Å²) in [4.78, 5) is 0.225. The van der Waals surface area contributed by atoms with Crippen molar-refractivity contribution in [3.05, 3.63) is 51.1 Å². The third-order valence-electron chi connectivity index (χ3n) is 3.41. The molecule has 4 nitrogen and oxygen atoms in total. The lowest BCUT2D eigenvalue weighted by Gasteiger charge is -2.15. The number of hydrogen-bond acceptors (Lipinski definition) is 3. The molecule has 6 heteroatoms. The van der Waals surface area contributed by atoms with Crippen LogP contribution in [0.4, 0.5) is 5.69 Å². The molecule has 0 aliphatic heterocycles. The number of halogens is 1. The van der Waals surface area contributed by atoms with Crippen LogP contribution >= 0.6 is 22.6 Å². The molecule has 1 N–H and O–H groups in total. The Morgan fingerprint density at radius 3 is 2.55 bits per heavy atom. The predicted molar refractivity (Wildman–Crippen MR) is 97.1 cm³/mol. The lowest BCUT2D eigenvalue weighted by Crippen LogP contribution is -2.15. The third kappa shape index (κ3) is 3.55. The highest BCUT2D eigenvalue weighted by Gasteiger charge is 2.18. The Bertz CT molecular complexity index is 788. The summed E-state index contributed by atoms with van der Waals surface area (Å²) >= 11 is 2.06. The first-order valence-corrected chi connectivity index (χ1v) is 9.40. The van der Waals surface area contributed by atoms with Crippen LogP contribution in [0.3, 0.4) is 0 Å². The van der Waals surface area contributed by atoms with E-state index >= 15 is 0 Å². The van der Waals surface area contributed by atoms with E-state index in [-0.39, 0.29) is 4.90 Å². The maximum absolute atomic E-state index is 12.6. The number of sulfonamides is 1. The molecule has 0 saturated heterocycles.